The first-order valence-electron chi connectivity index (χ1n) is 8.63. The fraction of sp³-hybridized carbons (Fsp3) is 0.190. The molecule has 0 saturated heterocycles. The van der Waals surface area contributed by atoms with Crippen LogP contribution in [0.3, 0.4) is 0 Å². The third kappa shape index (κ3) is 3.12. The molecule has 0 aliphatic heterocycles. The van der Waals surface area contributed by atoms with Gasteiger partial charge >= 0.3 is 6.18 Å². The van der Waals surface area contributed by atoms with Gasteiger partial charge in [-0.25, -0.2) is 4.99 Å². The molecule has 0 radical (unpaired) electrons. The van der Waals surface area contributed by atoms with E-state index in [2.05, 4.69) is 17.1 Å². The maximum Gasteiger partial charge on any atom is 0.416 e. The summed E-state index contributed by atoms with van der Waals surface area (Å²) >= 11 is 0. The molecule has 0 bridgehead atoms. The highest BCUT2D eigenvalue weighted by atomic mass is 19.4. The van der Waals surface area contributed by atoms with Crippen LogP contribution in [0, 0.1) is 0 Å². The van der Waals surface area contributed by atoms with Gasteiger partial charge in [0.25, 0.3) is 0 Å². The van der Waals surface area contributed by atoms with Crippen molar-refractivity contribution in [1.82, 2.24) is 0 Å². The van der Waals surface area contributed by atoms with Gasteiger partial charge in [0.15, 0.2) is 0 Å². The lowest BCUT2D eigenvalue weighted by molar-refractivity contribution is -0.137. The first-order chi connectivity index (χ1) is 12.8. The zero-order valence-electron chi connectivity index (χ0n) is 14.7. The van der Waals surface area contributed by atoms with E-state index in [4.69, 9.17) is 5.73 Å². The third-order valence-electron chi connectivity index (χ3n) is 5.01. The van der Waals surface area contributed by atoms with Crippen molar-refractivity contribution in [2.24, 2.45) is 10.7 Å². The quantitative estimate of drug-likeness (QED) is 0.508. The predicted molar refractivity (Wildman–Crippen MR) is 102 cm³/mol. The Labute approximate surface area is 154 Å². The van der Waals surface area contributed by atoms with Gasteiger partial charge in [-0.2, -0.15) is 13.2 Å². The van der Waals surface area contributed by atoms with Crippen molar-refractivity contribution in [3.63, 3.8) is 0 Å². The molecule has 0 unspecified atom stereocenters. The highest BCUT2D eigenvalue weighted by Gasteiger charge is 2.30. The van der Waals surface area contributed by atoms with Gasteiger partial charge in [0.1, 0.15) is 0 Å². The van der Waals surface area contributed by atoms with Gasteiger partial charge in [-0.3, -0.25) is 0 Å². The van der Waals surface area contributed by atoms with Crippen LogP contribution in [-0.2, 0) is 19.0 Å². The van der Waals surface area contributed by atoms with Crippen molar-refractivity contribution in [1.29, 1.82) is 0 Å². The Hall–Kier alpha value is -3.02. The molecule has 0 amide bonds. The van der Waals surface area contributed by atoms with Crippen LogP contribution >= 0.6 is 0 Å². The maximum atomic E-state index is 12.7. The lowest BCUT2D eigenvalue weighted by Gasteiger charge is -2.19. The maximum absolute atomic E-state index is 12.7. The number of nitrogens with zero attached hydrogens (tertiary/aromatic N) is 2. The van der Waals surface area contributed by atoms with Gasteiger partial charge in [0.2, 0.25) is 5.96 Å². The summed E-state index contributed by atoms with van der Waals surface area (Å²) in [6, 6.07) is 15.0. The van der Waals surface area contributed by atoms with Crippen molar-refractivity contribution >= 4 is 28.1 Å². The summed E-state index contributed by atoms with van der Waals surface area (Å²) < 4.78 is 38.2. The second-order valence-electron chi connectivity index (χ2n) is 6.66. The van der Waals surface area contributed by atoms with Crippen LogP contribution in [0.5, 0.6) is 0 Å². The van der Waals surface area contributed by atoms with E-state index < -0.39 is 11.7 Å². The van der Waals surface area contributed by atoms with Crippen molar-refractivity contribution in [3.8, 4) is 0 Å². The third-order valence-corrected chi connectivity index (χ3v) is 5.01. The average molecular weight is 369 g/mol. The average Bonchev–Trinajstić information content (AvgIpc) is 3.07. The number of alkyl halides is 3. The van der Waals surface area contributed by atoms with E-state index in [9.17, 15) is 13.2 Å². The Kier molecular flexibility index (Phi) is 4.06. The number of aliphatic imine (C=N–C) groups is 1. The Morgan fingerprint density at radius 3 is 2.30 bits per heavy atom. The van der Waals surface area contributed by atoms with Crippen molar-refractivity contribution in [2.45, 2.75) is 19.0 Å². The van der Waals surface area contributed by atoms with Crippen molar-refractivity contribution < 1.29 is 13.2 Å². The minimum absolute atomic E-state index is 0.216. The molecule has 3 aromatic rings. The van der Waals surface area contributed by atoms with E-state index in [1.165, 1.54) is 28.6 Å². The Morgan fingerprint density at radius 1 is 0.963 bits per heavy atom. The highest BCUT2D eigenvalue weighted by Crippen LogP contribution is 2.36. The van der Waals surface area contributed by atoms with Gasteiger partial charge < -0.3 is 10.6 Å². The van der Waals surface area contributed by atoms with E-state index in [1.807, 2.05) is 18.2 Å². The number of hydrogen-bond donors (Lipinski definition) is 1. The van der Waals surface area contributed by atoms with Crippen LogP contribution in [0.1, 0.15) is 16.7 Å². The van der Waals surface area contributed by atoms with Gasteiger partial charge in [-0.15, -0.1) is 0 Å². The number of halogens is 3. The molecule has 3 nitrogen and oxygen atoms in total. The number of aryl methyl sites for hydroxylation is 2. The zero-order valence-corrected chi connectivity index (χ0v) is 14.7. The van der Waals surface area contributed by atoms with E-state index >= 15 is 0 Å². The molecule has 0 spiro atoms. The van der Waals surface area contributed by atoms with E-state index in [0.29, 0.717) is 5.69 Å². The molecule has 1 aliphatic carbocycles. The minimum Gasteiger partial charge on any atom is -0.369 e. The molecule has 2 N–H and O–H groups in total. The number of benzene rings is 3. The first kappa shape index (κ1) is 17.4. The summed E-state index contributed by atoms with van der Waals surface area (Å²) in [5.74, 6) is 0.216. The molecule has 0 aromatic heterocycles. The highest BCUT2D eigenvalue weighted by molar-refractivity contribution is 6.02. The van der Waals surface area contributed by atoms with Crippen LogP contribution in [0.4, 0.5) is 24.5 Å². The van der Waals surface area contributed by atoms with Crippen LogP contribution in [-0.4, -0.2) is 13.0 Å². The van der Waals surface area contributed by atoms with Gasteiger partial charge in [-0.05, 0) is 59.7 Å². The zero-order chi connectivity index (χ0) is 19.2. The molecule has 138 valence electrons. The molecule has 0 atom stereocenters. The van der Waals surface area contributed by atoms with Crippen LogP contribution in [0.2, 0.25) is 0 Å². The summed E-state index contributed by atoms with van der Waals surface area (Å²) in [7, 11) is 1.68. The summed E-state index contributed by atoms with van der Waals surface area (Å²) in [5, 5.41) is 2.29. The largest absolute Gasteiger partial charge is 0.416 e. The first-order valence-corrected chi connectivity index (χ1v) is 8.63. The van der Waals surface area contributed by atoms with E-state index in [-0.39, 0.29) is 5.96 Å². The second-order valence-corrected chi connectivity index (χ2v) is 6.66. The topological polar surface area (TPSA) is 41.6 Å². The van der Waals surface area contributed by atoms with Crippen LogP contribution < -0.4 is 10.6 Å². The predicted octanol–water partition coefficient (Wildman–Crippen LogP) is 5.04. The van der Waals surface area contributed by atoms with Crippen molar-refractivity contribution in [2.75, 3.05) is 11.9 Å². The molecule has 0 saturated carbocycles. The standard InChI is InChI=1S/C21H18F3N3/c1-27(16-10-8-15(9-11-16)21(22,23)24)20(25)26-18-12-7-14-6-5-13-3-2-4-17(18)19(13)14/h2-4,7-12H,5-6H2,1H3,(H2,25,26). The molecular weight excluding hydrogens is 351 g/mol. The summed E-state index contributed by atoms with van der Waals surface area (Å²) in [6.45, 7) is 0. The minimum atomic E-state index is -4.36. The molecule has 4 rings (SSSR count). The van der Waals surface area contributed by atoms with Gasteiger partial charge in [0.05, 0.1) is 11.3 Å². The Morgan fingerprint density at radius 2 is 1.63 bits per heavy atom. The van der Waals surface area contributed by atoms with Gasteiger partial charge in [0, 0.05) is 18.1 Å². The van der Waals surface area contributed by atoms with Crippen molar-refractivity contribution in [3.05, 3.63) is 71.3 Å². The molecule has 27 heavy (non-hydrogen) atoms. The van der Waals surface area contributed by atoms with E-state index in [0.717, 1.165) is 36.0 Å². The summed E-state index contributed by atoms with van der Waals surface area (Å²) in [5.41, 5.74) is 9.37. The van der Waals surface area contributed by atoms with Crippen LogP contribution in [0.25, 0.3) is 10.8 Å². The monoisotopic (exact) mass is 369 g/mol. The van der Waals surface area contributed by atoms with Crippen LogP contribution in [0.15, 0.2) is 59.6 Å². The molecule has 0 heterocycles. The smallest absolute Gasteiger partial charge is 0.369 e. The summed E-state index contributed by atoms with van der Waals surface area (Å²) in [4.78, 5) is 6.12. The Bertz CT molecular complexity index is 1030. The molecule has 1 aliphatic rings. The molecular formula is C21H18F3N3. The number of rotatable bonds is 2. The fourth-order valence-corrected chi connectivity index (χ4v) is 3.53. The van der Waals surface area contributed by atoms with E-state index in [1.54, 1.807) is 11.9 Å². The lowest BCUT2D eigenvalue weighted by atomic mass is 10.0. The second kappa shape index (κ2) is 6.30. The summed E-state index contributed by atoms with van der Waals surface area (Å²) in [6.07, 6.45) is -2.30. The normalized spacial score (nSPS) is 14.0. The number of hydrogen-bond acceptors (Lipinski definition) is 1. The molecule has 0 fully saturated rings. The van der Waals surface area contributed by atoms with Gasteiger partial charge in [-0.1, -0.05) is 24.3 Å². The SMILES string of the molecule is CN(C(N)=Nc1ccc2c3c(cccc13)CC2)c1ccc(C(F)(F)F)cc1. The number of guanidine groups is 1. The number of anilines is 1. The Balaban J connectivity index is 1.68. The fourth-order valence-electron chi connectivity index (χ4n) is 3.53. The molecule has 6 heteroatoms. The lowest BCUT2D eigenvalue weighted by Crippen LogP contribution is -2.33. The molecule has 3 aromatic carbocycles. The number of nitrogens with two attached hydrogens (primary N) is 1.